The van der Waals surface area contributed by atoms with Crippen molar-refractivity contribution >= 4 is 52.9 Å². The number of carbonyl (C=O) groups excluding carboxylic acids is 3. The van der Waals surface area contributed by atoms with Crippen molar-refractivity contribution in [3.8, 4) is 5.75 Å². The fourth-order valence-electron chi connectivity index (χ4n) is 3.87. The molecular formula is C33H29N3O6S. The van der Waals surface area contributed by atoms with Crippen LogP contribution in [0.5, 0.6) is 5.75 Å². The zero-order chi connectivity index (χ0) is 30.6. The summed E-state index contributed by atoms with van der Waals surface area (Å²) in [6, 6.07) is 28.7. The monoisotopic (exact) mass is 595 g/mol. The molecule has 43 heavy (non-hydrogen) atoms. The van der Waals surface area contributed by atoms with E-state index >= 15 is 0 Å². The van der Waals surface area contributed by atoms with Crippen molar-refractivity contribution in [2.24, 2.45) is 0 Å². The van der Waals surface area contributed by atoms with E-state index in [0.29, 0.717) is 34.9 Å². The quantitative estimate of drug-likeness (QED) is 0.118. The summed E-state index contributed by atoms with van der Waals surface area (Å²) in [5.41, 5.74) is 2.06. The maximum Gasteiger partial charge on any atom is 0.335 e. The van der Waals surface area contributed by atoms with Gasteiger partial charge in [0.1, 0.15) is 11.4 Å². The van der Waals surface area contributed by atoms with Crippen LogP contribution in [0.1, 0.15) is 33.2 Å². The molecule has 3 amide bonds. The van der Waals surface area contributed by atoms with Gasteiger partial charge in [-0.3, -0.25) is 14.4 Å². The number of rotatable bonds is 12. The Balaban J connectivity index is 1.44. The van der Waals surface area contributed by atoms with E-state index in [1.54, 1.807) is 97.1 Å². The molecule has 0 heterocycles. The normalized spacial score (nSPS) is 10.9. The molecule has 10 heteroatoms. The molecule has 0 unspecified atom stereocenters. The smallest absolute Gasteiger partial charge is 0.335 e. The van der Waals surface area contributed by atoms with E-state index in [-0.39, 0.29) is 22.9 Å². The van der Waals surface area contributed by atoms with Crippen LogP contribution in [0, 0.1) is 0 Å². The fraction of sp³-hybridized carbons (Fsp3) is 0.0909. The Kier molecular flexibility index (Phi) is 10.7. The minimum absolute atomic E-state index is 0.0408. The highest BCUT2D eigenvalue weighted by Crippen LogP contribution is 2.23. The number of hydrogen-bond acceptors (Lipinski definition) is 6. The molecule has 4 aromatic carbocycles. The molecule has 4 rings (SSSR count). The van der Waals surface area contributed by atoms with Crippen molar-refractivity contribution in [1.82, 2.24) is 5.32 Å². The molecule has 0 spiro atoms. The number of anilines is 2. The van der Waals surface area contributed by atoms with E-state index in [9.17, 15) is 19.2 Å². The Morgan fingerprint density at radius 3 is 2.16 bits per heavy atom. The maximum absolute atomic E-state index is 13.4. The highest BCUT2D eigenvalue weighted by molar-refractivity contribution is 8.00. The molecule has 0 saturated carbocycles. The molecule has 0 aromatic heterocycles. The lowest BCUT2D eigenvalue weighted by Gasteiger charge is -2.12. The molecular weight excluding hydrogens is 566 g/mol. The van der Waals surface area contributed by atoms with Gasteiger partial charge in [0.2, 0.25) is 5.91 Å². The third-order valence-electron chi connectivity index (χ3n) is 5.89. The molecule has 218 valence electrons. The molecule has 0 fully saturated rings. The van der Waals surface area contributed by atoms with Crippen LogP contribution >= 0.6 is 11.8 Å². The molecule has 0 aliphatic carbocycles. The minimum Gasteiger partial charge on any atom is -0.494 e. The number of benzene rings is 4. The van der Waals surface area contributed by atoms with Crippen LogP contribution in [0.3, 0.4) is 0 Å². The Morgan fingerprint density at radius 1 is 0.791 bits per heavy atom. The Hall–Kier alpha value is -5.35. The number of carbonyl (C=O) groups is 4. The average Bonchev–Trinajstić information content (AvgIpc) is 3.01. The van der Waals surface area contributed by atoms with Gasteiger partial charge in [-0.2, -0.15) is 0 Å². The number of carboxylic acid groups (broad SMARTS) is 1. The van der Waals surface area contributed by atoms with Crippen LogP contribution < -0.4 is 20.7 Å². The first kappa shape index (κ1) is 30.6. The maximum atomic E-state index is 13.4. The average molecular weight is 596 g/mol. The van der Waals surface area contributed by atoms with E-state index < -0.39 is 17.8 Å². The van der Waals surface area contributed by atoms with Gasteiger partial charge < -0.3 is 25.8 Å². The Morgan fingerprint density at radius 2 is 1.47 bits per heavy atom. The zero-order valence-electron chi connectivity index (χ0n) is 23.2. The Labute approximate surface area is 253 Å². The predicted octanol–water partition coefficient (Wildman–Crippen LogP) is 5.92. The topological polar surface area (TPSA) is 134 Å². The zero-order valence-corrected chi connectivity index (χ0v) is 24.0. The van der Waals surface area contributed by atoms with Crippen LogP contribution in [-0.4, -0.2) is 41.2 Å². The number of aromatic carboxylic acids is 1. The summed E-state index contributed by atoms with van der Waals surface area (Å²) in [6.07, 6.45) is 1.58. The lowest BCUT2D eigenvalue weighted by atomic mass is 10.1. The van der Waals surface area contributed by atoms with Crippen LogP contribution in [0.15, 0.2) is 114 Å². The van der Waals surface area contributed by atoms with Gasteiger partial charge in [-0.1, -0.05) is 42.5 Å². The van der Waals surface area contributed by atoms with Crippen molar-refractivity contribution in [1.29, 1.82) is 0 Å². The summed E-state index contributed by atoms with van der Waals surface area (Å²) in [5, 5.41) is 17.4. The minimum atomic E-state index is -1.08. The van der Waals surface area contributed by atoms with Crippen LogP contribution in [-0.2, 0) is 9.59 Å². The van der Waals surface area contributed by atoms with E-state index in [4.69, 9.17) is 9.84 Å². The molecule has 9 nitrogen and oxygen atoms in total. The van der Waals surface area contributed by atoms with Gasteiger partial charge in [-0.15, -0.1) is 11.8 Å². The predicted molar refractivity (Wildman–Crippen MR) is 167 cm³/mol. The van der Waals surface area contributed by atoms with E-state index in [2.05, 4.69) is 16.0 Å². The molecule has 4 N–H and O–H groups in total. The molecule has 0 aliphatic heterocycles. The van der Waals surface area contributed by atoms with E-state index in [0.717, 1.165) is 4.90 Å². The van der Waals surface area contributed by atoms with Gasteiger partial charge in [0, 0.05) is 21.8 Å². The SMILES string of the molecule is CCOc1ccc(/C=C(/NC(=O)c2ccccc2)C(=O)Nc2cccc(SCC(=O)Nc3cccc(C(=O)O)c3)c2)cc1. The second-order valence-electron chi connectivity index (χ2n) is 9.08. The van der Waals surface area contributed by atoms with E-state index in [1.165, 1.54) is 23.9 Å². The number of nitrogens with one attached hydrogen (secondary N) is 3. The molecule has 4 aromatic rings. The number of hydrogen-bond donors (Lipinski definition) is 4. The fourth-order valence-corrected chi connectivity index (χ4v) is 4.63. The van der Waals surface area contributed by atoms with Crippen molar-refractivity contribution in [3.63, 3.8) is 0 Å². The van der Waals surface area contributed by atoms with Gasteiger partial charge in [-0.05, 0) is 79.2 Å². The Bertz CT molecular complexity index is 1640. The first-order valence-corrected chi connectivity index (χ1v) is 14.3. The van der Waals surface area contributed by atoms with Crippen LogP contribution in [0.4, 0.5) is 11.4 Å². The standard InChI is InChI=1S/C33H29N3O6S/c1-2-42-27-16-14-22(15-17-27)18-29(36-31(38)23-8-4-3-5-9-23)32(39)35-26-12-7-13-28(20-26)43-21-30(37)34-25-11-6-10-24(19-25)33(40)41/h3-20H,2,21H2,1H3,(H,34,37)(H,35,39)(H,36,38)(H,40,41)/b29-18+. The number of carboxylic acids is 1. The summed E-state index contributed by atoms with van der Waals surface area (Å²) < 4.78 is 5.49. The summed E-state index contributed by atoms with van der Waals surface area (Å²) in [7, 11) is 0. The summed E-state index contributed by atoms with van der Waals surface area (Å²) in [4.78, 5) is 50.6. The summed E-state index contributed by atoms with van der Waals surface area (Å²) >= 11 is 1.25. The van der Waals surface area contributed by atoms with Crippen LogP contribution in [0.2, 0.25) is 0 Å². The highest BCUT2D eigenvalue weighted by atomic mass is 32.2. The van der Waals surface area contributed by atoms with Crippen LogP contribution in [0.25, 0.3) is 6.08 Å². The number of amides is 3. The van der Waals surface area contributed by atoms with Gasteiger partial charge in [0.05, 0.1) is 17.9 Å². The van der Waals surface area contributed by atoms with E-state index in [1.807, 2.05) is 6.92 Å². The van der Waals surface area contributed by atoms with Gasteiger partial charge in [0.25, 0.3) is 11.8 Å². The van der Waals surface area contributed by atoms with Crippen molar-refractivity contribution < 1.29 is 29.0 Å². The highest BCUT2D eigenvalue weighted by Gasteiger charge is 2.16. The summed E-state index contributed by atoms with van der Waals surface area (Å²) in [5.74, 6) is -1.61. The number of ether oxygens (including phenoxy) is 1. The van der Waals surface area contributed by atoms with Crippen molar-refractivity contribution in [2.45, 2.75) is 11.8 Å². The largest absolute Gasteiger partial charge is 0.494 e. The van der Waals surface area contributed by atoms with Gasteiger partial charge in [0.15, 0.2) is 0 Å². The molecule has 0 atom stereocenters. The molecule has 0 aliphatic rings. The van der Waals surface area contributed by atoms with Gasteiger partial charge in [-0.25, -0.2) is 4.79 Å². The van der Waals surface area contributed by atoms with Gasteiger partial charge >= 0.3 is 5.97 Å². The first-order valence-electron chi connectivity index (χ1n) is 13.3. The third-order valence-corrected chi connectivity index (χ3v) is 6.88. The molecule has 0 bridgehead atoms. The number of thioether (sulfide) groups is 1. The molecule has 0 saturated heterocycles. The van der Waals surface area contributed by atoms with Crippen molar-refractivity contribution in [2.75, 3.05) is 23.0 Å². The lowest BCUT2D eigenvalue weighted by molar-refractivity contribution is -0.114. The third kappa shape index (κ3) is 9.34. The molecule has 0 radical (unpaired) electrons. The lowest BCUT2D eigenvalue weighted by Crippen LogP contribution is -2.30. The van der Waals surface area contributed by atoms with Crippen molar-refractivity contribution in [3.05, 3.63) is 126 Å². The summed E-state index contributed by atoms with van der Waals surface area (Å²) in [6.45, 7) is 2.42. The second-order valence-corrected chi connectivity index (χ2v) is 10.1. The first-order chi connectivity index (χ1) is 20.8. The second kappa shape index (κ2) is 15.0.